The van der Waals surface area contributed by atoms with Crippen LogP contribution in [0.25, 0.3) is 16.6 Å². The molecule has 1 saturated heterocycles. The van der Waals surface area contributed by atoms with Gasteiger partial charge in [0.25, 0.3) is 0 Å². The van der Waals surface area contributed by atoms with Crippen LogP contribution in [0.4, 0.5) is 20.2 Å². The van der Waals surface area contributed by atoms with Crippen molar-refractivity contribution in [2.75, 3.05) is 42.6 Å². The zero-order valence-corrected chi connectivity index (χ0v) is 23.3. The van der Waals surface area contributed by atoms with Crippen molar-refractivity contribution in [1.29, 1.82) is 0 Å². The number of anilines is 2. The number of rotatable bonds is 8. The summed E-state index contributed by atoms with van der Waals surface area (Å²) >= 11 is 0. The van der Waals surface area contributed by atoms with Gasteiger partial charge in [-0.3, -0.25) is 4.79 Å². The second-order valence-corrected chi connectivity index (χ2v) is 10.1. The third-order valence-corrected chi connectivity index (χ3v) is 7.51. The number of nitrogens with zero attached hydrogens (tertiary/aromatic N) is 6. The topological polar surface area (TPSA) is 106 Å². The predicted octanol–water partition coefficient (Wildman–Crippen LogP) is 4.33. The number of ether oxygens (including phenoxy) is 1. The van der Waals surface area contributed by atoms with Crippen LogP contribution in [-0.4, -0.2) is 63.2 Å². The van der Waals surface area contributed by atoms with Crippen LogP contribution in [-0.2, 0) is 6.54 Å². The monoisotopic (exact) mass is 586 g/mol. The van der Waals surface area contributed by atoms with Crippen molar-refractivity contribution >= 4 is 28.2 Å². The summed E-state index contributed by atoms with van der Waals surface area (Å²) in [6, 6.07) is 15.5. The molecule has 1 aliphatic heterocycles. The number of fused-ring (bicyclic) bond motifs is 1. The first-order valence-electron chi connectivity index (χ1n) is 13.8. The number of aromatic carboxylic acids is 1. The number of para-hydroxylation sites is 2. The van der Waals surface area contributed by atoms with Crippen LogP contribution in [0.3, 0.4) is 0 Å². The maximum atomic E-state index is 16.4. The van der Waals surface area contributed by atoms with E-state index < -0.39 is 28.6 Å². The van der Waals surface area contributed by atoms with Gasteiger partial charge in [-0.15, -0.1) is 0 Å². The molecular weight excluding hydrogens is 558 g/mol. The molecule has 2 aromatic heterocycles. The maximum Gasteiger partial charge on any atom is 0.341 e. The molecule has 0 saturated carbocycles. The average Bonchev–Trinajstić information content (AvgIpc) is 3.52. The number of halogens is 2. The van der Waals surface area contributed by atoms with Gasteiger partial charge in [-0.1, -0.05) is 24.3 Å². The Balaban J connectivity index is 1.39. The van der Waals surface area contributed by atoms with Gasteiger partial charge in [0.2, 0.25) is 5.43 Å². The summed E-state index contributed by atoms with van der Waals surface area (Å²) in [6.45, 7) is 4.46. The van der Waals surface area contributed by atoms with Crippen LogP contribution in [0.1, 0.15) is 22.8 Å². The van der Waals surface area contributed by atoms with Gasteiger partial charge < -0.3 is 24.2 Å². The summed E-state index contributed by atoms with van der Waals surface area (Å²) in [5.74, 6) is -2.61. The Kier molecular flexibility index (Phi) is 7.49. The van der Waals surface area contributed by atoms with Crippen molar-refractivity contribution in [3.63, 3.8) is 0 Å². The van der Waals surface area contributed by atoms with Gasteiger partial charge in [-0.25, -0.2) is 23.2 Å². The molecule has 3 aromatic carbocycles. The molecule has 6 rings (SSSR count). The minimum atomic E-state index is -1.49. The van der Waals surface area contributed by atoms with Gasteiger partial charge in [0, 0.05) is 38.1 Å². The fraction of sp³-hybridized carbons (Fsp3) is 0.226. The third kappa shape index (κ3) is 5.27. The van der Waals surface area contributed by atoms with Crippen LogP contribution < -0.4 is 20.0 Å². The van der Waals surface area contributed by atoms with Crippen molar-refractivity contribution in [3.8, 4) is 11.4 Å². The Bertz CT molecular complexity index is 1850. The second kappa shape index (κ2) is 11.6. The van der Waals surface area contributed by atoms with E-state index in [0.29, 0.717) is 45.0 Å². The molecular formula is C31H28F2N6O4. The Morgan fingerprint density at radius 1 is 1.02 bits per heavy atom. The van der Waals surface area contributed by atoms with Crippen molar-refractivity contribution in [3.05, 3.63) is 106 Å². The molecule has 0 radical (unpaired) electrons. The van der Waals surface area contributed by atoms with Gasteiger partial charge in [-0.05, 0) is 42.8 Å². The van der Waals surface area contributed by atoms with E-state index in [2.05, 4.69) is 15.0 Å². The molecule has 0 amide bonds. The first kappa shape index (κ1) is 27.9. The van der Waals surface area contributed by atoms with E-state index >= 15 is 8.78 Å². The van der Waals surface area contributed by atoms with E-state index in [1.807, 2.05) is 31.2 Å². The van der Waals surface area contributed by atoms with Gasteiger partial charge in [0.05, 0.1) is 29.7 Å². The number of hydrogen-bond acceptors (Lipinski definition) is 7. The molecule has 1 aliphatic rings. The summed E-state index contributed by atoms with van der Waals surface area (Å²) in [5, 5.41) is 13.4. The number of carbonyl (C=O) groups is 1. The number of carboxylic acids is 1. The molecule has 12 heteroatoms. The number of hydrogen-bond donors (Lipinski definition) is 1. The molecule has 1 N–H and O–H groups in total. The fourth-order valence-corrected chi connectivity index (χ4v) is 5.48. The van der Waals surface area contributed by atoms with Crippen LogP contribution in [0.15, 0.2) is 78.2 Å². The lowest BCUT2D eigenvalue weighted by molar-refractivity contribution is 0.0695. The lowest BCUT2D eigenvalue weighted by Crippen LogP contribution is -2.47. The zero-order chi connectivity index (χ0) is 30.1. The van der Waals surface area contributed by atoms with E-state index in [1.54, 1.807) is 40.2 Å². The predicted molar refractivity (Wildman–Crippen MR) is 158 cm³/mol. The number of carboxylic acid groups (broad SMARTS) is 1. The quantitative estimate of drug-likeness (QED) is 0.287. The molecule has 10 nitrogen and oxygen atoms in total. The Labute approximate surface area is 245 Å². The number of piperazine rings is 1. The van der Waals surface area contributed by atoms with Crippen molar-refractivity contribution in [1.82, 2.24) is 19.3 Å². The van der Waals surface area contributed by atoms with Crippen LogP contribution in [0.2, 0.25) is 0 Å². The summed E-state index contributed by atoms with van der Waals surface area (Å²) in [5.41, 5.74) is 0.183. The third-order valence-electron chi connectivity index (χ3n) is 7.51. The first-order chi connectivity index (χ1) is 20.9. The summed E-state index contributed by atoms with van der Waals surface area (Å²) < 4.78 is 40.7. The summed E-state index contributed by atoms with van der Waals surface area (Å²) in [4.78, 5) is 32.7. The highest BCUT2D eigenvalue weighted by molar-refractivity contribution is 5.94. The molecule has 0 bridgehead atoms. The molecule has 0 spiro atoms. The zero-order valence-electron chi connectivity index (χ0n) is 23.3. The van der Waals surface area contributed by atoms with E-state index in [0.717, 1.165) is 29.3 Å². The molecule has 0 aliphatic carbocycles. The van der Waals surface area contributed by atoms with Crippen molar-refractivity contribution in [2.24, 2.45) is 0 Å². The largest absolute Gasteiger partial charge is 0.492 e. The van der Waals surface area contributed by atoms with E-state index in [1.165, 1.54) is 10.9 Å². The SMILES string of the molecule is CCOc1ccccc1N1CCN(c2c(F)cc3c(=O)c(C(=O)O)cn(-c4ccc(Cn5cncn5)cc4)c3c2F)CC1. The Hall–Kier alpha value is -5.26. The lowest BCUT2D eigenvalue weighted by atomic mass is 10.1. The van der Waals surface area contributed by atoms with Crippen molar-refractivity contribution in [2.45, 2.75) is 13.5 Å². The van der Waals surface area contributed by atoms with E-state index in [4.69, 9.17) is 4.74 Å². The number of benzene rings is 3. The van der Waals surface area contributed by atoms with Crippen LogP contribution in [0, 0.1) is 11.6 Å². The van der Waals surface area contributed by atoms with Crippen molar-refractivity contribution < 1.29 is 23.4 Å². The summed E-state index contributed by atoms with van der Waals surface area (Å²) in [7, 11) is 0. The first-order valence-corrected chi connectivity index (χ1v) is 13.8. The van der Waals surface area contributed by atoms with E-state index in [9.17, 15) is 14.7 Å². The average molecular weight is 587 g/mol. The molecule has 43 heavy (non-hydrogen) atoms. The second-order valence-electron chi connectivity index (χ2n) is 10.1. The van der Waals surface area contributed by atoms with Gasteiger partial charge >= 0.3 is 5.97 Å². The van der Waals surface area contributed by atoms with Gasteiger partial charge in [-0.2, -0.15) is 5.10 Å². The normalized spacial score (nSPS) is 13.5. The summed E-state index contributed by atoms with van der Waals surface area (Å²) in [6.07, 6.45) is 4.09. The van der Waals surface area contributed by atoms with E-state index in [-0.39, 0.29) is 16.6 Å². The highest BCUT2D eigenvalue weighted by atomic mass is 19.1. The molecule has 1 fully saturated rings. The van der Waals surface area contributed by atoms with Crippen LogP contribution >= 0.6 is 0 Å². The van der Waals surface area contributed by atoms with Gasteiger partial charge in [0.15, 0.2) is 5.82 Å². The fourth-order valence-electron chi connectivity index (χ4n) is 5.48. The number of aromatic nitrogens is 4. The lowest BCUT2D eigenvalue weighted by Gasteiger charge is -2.38. The van der Waals surface area contributed by atoms with Gasteiger partial charge in [0.1, 0.15) is 35.5 Å². The molecule has 220 valence electrons. The van der Waals surface area contributed by atoms with Crippen LogP contribution in [0.5, 0.6) is 5.75 Å². The molecule has 3 heterocycles. The standard InChI is InChI=1S/C31H28F2N6O4/c1-2-43-26-6-4-3-5-25(26)36-11-13-37(14-12-36)29-24(32)15-22-28(27(29)33)39(17-23(30(22)40)31(41)42)21-9-7-20(8-10-21)16-38-19-34-18-35-38/h3-10,15,17-19H,2,11-14,16H2,1H3,(H,41,42). The Morgan fingerprint density at radius 3 is 2.42 bits per heavy atom. The highest BCUT2D eigenvalue weighted by Gasteiger charge is 2.28. The molecule has 5 aromatic rings. The molecule has 0 unspecified atom stereocenters. The number of pyridine rings is 1. The highest BCUT2D eigenvalue weighted by Crippen LogP contribution is 2.34. The smallest absolute Gasteiger partial charge is 0.341 e. The maximum absolute atomic E-state index is 16.4. The molecule has 0 atom stereocenters. The minimum Gasteiger partial charge on any atom is -0.492 e. The Morgan fingerprint density at radius 2 is 1.74 bits per heavy atom. The minimum absolute atomic E-state index is 0.195.